The monoisotopic (exact) mass is 312 g/mol. The standard InChI is InChI=1S/C16H32N4S/c1-13-6-9-20(10-7-13)11-8-18-16(17-2)19-14-4-5-15(12-14)21-3/h13-15H,4-12H2,1-3H3,(H2,17,18,19). The summed E-state index contributed by atoms with van der Waals surface area (Å²) in [5.74, 6) is 1.89. The SMILES string of the molecule is CN=C(NCCN1CCC(C)CC1)NC1CCC(SC)C1. The van der Waals surface area contributed by atoms with Crippen LogP contribution < -0.4 is 10.6 Å². The van der Waals surface area contributed by atoms with E-state index in [-0.39, 0.29) is 0 Å². The van der Waals surface area contributed by atoms with Crippen molar-refractivity contribution >= 4 is 17.7 Å². The molecule has 2 atom stereocenters. The Hall–Kier alpha value is -0.420. The number of aliphatic imine (C=N–C) groups is 1. The molecule has 4 nitrogen and oxygen atoms in total. The average Bonchev–Trinajstić information content (AvgIpc) is 2.96. The second kappa shape index (κ2) is 8.89. The molecule has 1 aliphatic carbocycles. The Kier molecular flexibility index (Phi) is 7.17. The van der Waals surface area contributed by atoms with Crippen LogP contribution in [0.25, 0.3) is 0 Å². The first-order chi connectivity index (χ1) is 10.2. The maximum Gasteiger partial charge on any atom is 0.191 e. The highest BCUT2D eigenvalue weighted by Crippen LogP contribution is 2.27. The van der Waals surface area contributed by atoms with Crippen LogP contribution in [0.4, 0.5) is 0 Å². The molecule has 2 rings (SSSR count). The lowest BCUT2D eigenvalue weighted by molar-refractivity contribution is 0.195. The van der Waals surface area contributed by atoms with Gasteiger partial charge in [0.2, 0.25) is 0 Å². The Bertz CT molecular complexity index is 326. The van der Waals surface area contributed by atoms with Crippen LogP contribution in [0.2, 0.25) is 0 Å². The van der Waals surface area contributed by atoms with Gasteiger partial charge in [0.05, 0.1) is 0 Å². The van der Waals surface area contributed by atoms with E-state index in [0.717, 1.165) is 30.2 Å². The Balaban J connectivity index is 1.62. The van der Waals surface area contributed by atoms with E-state index in [9.17, 15) is 0 Å². The number of hydrogen-bond donors (Lipinski definition) is 2. The van der Waals surface area contributed by atoms with Crippen molar-refractivity contribution < 1.29 is 0 Å². The van der Waals surface area contributed by atoms with Crippen LogP contribution in [0, 0.1) is 5.92 Å². The van der Waals surface area contributed by atoms with Gasteiger partial charge in [-0.05, 0) is 57.4 Å². The molecule has 122 valence electrons. The van der Waals surface area contributed by atoms with Crippen molar-refractivity contribution in [2.75, 3.05) is 39.5 Å². The molecule has 0 bridgehead atoms. The fraction of sp³-hybridized carbons (Fsp3) is 0.938. The molecule has 1 saturated carbocycles. The van der Waals surface area contributed by atoms with Crippen molar-refractivity contribution in [1.29, 1.82) is 0 Å². The van der Waals surface area contributed by atoms with Crippen LogP contribution in [0.1, 0.15) is 39.0 Å². The van der Waals surface area contributed by atoms with Gasteiger partial charge in [-0.2, -0.15) is 11.8 Å². The van der Waals surface area contributed by atoms with E-state index in [1.54, 1.807) is 0 Å². The Morgan fingerprint density at radius 2 is 2.00 bits per heavy atom. The van der Waals surface area contributed by atoms with E-state index in [1.165, 1.54) is 45.2 Å². The molecule has 2 unspecified atom stereocenters. The minimum atomic E-state index is 0.601. The van der Waals surface area contributed by atoms with Gasteiger partial charge in [-0.25, -0.2) is 0 Å². The first-order valence-electron chi connectivity index (χ1n) is 8.43. The number of guanidine groups is 1. The number of likely N-dealkylation sites (tertiary alicyclic amines) is 1. The van der Waals surface area contributed by atoms with Crippen molar-refractivity contribution in [2.24, 2.45) is 10.9 Å². The molecule has 0 aromatic heterocycles. The normalized spacial score (nSPS) is 28.8. The third kappa shape index (κ3) is 5.70. The van der Waals surface area contributed by atoms with Crippen LogP contribution in [-0.4, -0.2) is 61.6 Å². The molecule has 2 aliphatic rings. The molecule has 1 saturated heterocycles. The predicted octanol–water partition coefficient (Wildman–Crippen LogP) is 2.17. The maximum atomic E-state index is 4.37. The molecule has 1 heterocycles. The van der Waals surface area contributed by atoms with Gasteiger partial charge in [0.25, 0.3) is 0 Å². The summed E-state index contributed by atoms with van der Waals surface area (Å²) in [7, 11) is 1.87. The molecule has 0 radical (unpaired) electrons. The summed E-state index contributed by atoms with van der Waals surface area (Å²) in [5, 5.41) is 7.89. The number of piperidine rings is 1. The lowest BCUT2D eigenvalue weighted by Crippen LogP contribution is -2.46. The number of hydrogen-bond acceptors (Lipinski definition) is 3. The summed E-state index contributed by atoms with van der Waals surface area (Å²) in [5.41, 5.74) is 0. The van der Waals surface area contributed by atoms with Crippen molar-refractivity contribution in [3.05, 3.63) is 0 Å². The fourth-order valence-corrected chi connectivity index (χ4v) is 4.09. The van der Waals surface area contributed by atoms with E-state index < -0.39 is 0 Å². The molecule has 2 fully saturated rings. The maximum absolute atomic E-state index is 4.37. The second-order valence-corrected chi connectivity index (χ2v) is 7.67. The van der Waals surface area contributed by atoms with Gasteiger partial charge in [-0.1, -0.05) is 6.92 Å². The Morgan fingerprint density at radius 1 is 1.24 bits per heavy atom. The smallest absolute Gasteiger partial charge is 0.191 e. The van der Waals surface area contributed by atoms with Crippen LogP contribution >= 0.6 is 11.8 Å². The van der Waals surface area contributed by atoms with Gasteiger partial charge in [0.1, 0.15) is 0 Å². The zero-order valence-corrected chi connectivity index (χ0v) is 14.7. The summed E-state index contributed by atoms with van der Waals surface area (Å²) in [6.07, 6.45) is 8.81. The van der Waals surface area contributed by atoms with Crippen molar-refractivity contribution in [2.45, 2.75) is 50.3 Å². The molecule has 1 aliphatic heterocycles. The van der Waals surface area contributed by atoms with Gasteiger partial charge < -0.3 is 15.5 Å². The Morgan fingerprint density at radius 3 is 2.62 bits per heavy atom. The van der Waals surface area contributed by atoms with Crippen LogP contribution in [0.5, 0.6) is 0 Å². The van der Waals surface area contributed by atoms with Crippen LogP contribution in [0.3, 0.4) is 0 Å². The van der Waals surface area contributed by atoms with Crippen LogP contribution in [-0.2, 0) is 0 Å². The van der Waals surface area contributed by atoms with Gasteiger partial charge in [-0.3, -0.25) is 4.99 Å². The quantitative estimate of drug-likeness (QED) is 0.603. The highest BCUT2D eigenvalue weighted by Gasteiger charge is 2.24. The van der Waals surface area contributed by atoms with Crippen molar-refractivity contribution in [3.63, 3.8) is 0 Å². The first kappa shape index (κ1) is 16.9. The van der Waals surface area contributed by atoms with E-state index in [1.807, 2.05) is 18.8 Å². The predicted molar refractivity (Wildman–Crippen MR) is 94.3 cm³/mol. The third-order valence-electron chi connectivity index (χ3n) is 4.88. The summed E-state index contributed by atoms with van der Waals surface area (Å²) >= 11 is 2.00. The molecule has 0 spiro atoms. The lowest BCUT2D eigenvalue weighted by atomic mass is 9.99. The minimum absolute atomic E-state index is 0.601. The molecule has 5 heteroatoms. The van der Waals surface area contributed by atoms with Gasteiger partial charge in [0, 0.05) is 31.4 Å². The van der Waals surface area contributed by atoms with Crippen LogP contribution in [0.15, 0.2) is 4.99 Å². The number of thioether (sulfide) groups is 1. The minimum Gasteiger partial charge on any atom is -0.355 e. The van der Waals surface area contributed by atoms with Gasteiger partial charge >= 0.3 is 0 Å². The number of nitrogens with zero attached hydrogens (tertiary/aromatic N) is 2. The second-order valence-electron chi connectivity index (χ2n) is 6.54. The molecule has 0 aromatic carbocycles. The van der Waals surface area contributed by atoms with Gasteiger partial charge in [-0.15, -0.1) is 0 Å². The molecular weight excluding hydrogens is 280 g/mol. The average molecular weight is 313 g/mol. The first-order valence-corrected chi connectivity index (χ1v) is 9.72. The summed E-state index contributed by atoms with van der Waals surface area (Å²) in [4.78, 5) is 6.94. The molecule has 21 heavy (non-hydrogen) atoms. The number of nitrogens with one attached hydrogen (secondary N) is 2. The van der Waals surface area contributed by atoms with E-state index >= 15 is 0 Å². The van der Waals surface area contributed by atoms with Crippen molar-refractivity contribution in [3.8, 4) is 0 Å². The van der Waals surface area contributed by atoms with E-state index in [0.29, 0.717) is 6.04 Å². The summed E-state index contributed by atoms with van der Waals surface area (Å²) in [6, 6.07) is 0.601. The topological polar surface area (TPSA) is 39.7 Å². The number of rotatable bonds is 5. The molecular formula is C16H32N4S. The third-order valence-corrected chi connectivity index (χ3v) is 5.97. The summed E-state index contributed by atoms with van der Waals surface area (Å²) in [6.45, 7) is 7.00. The highest BCUT2D eigenvalue weighted by molar-refractivity contribution is 7.99. The lowest BCUT2D eigenvalue weighted by Gasteiger charge is -2.30. The fourth-order valence-electron chi connectivity index (χ4n) is 3.29. The highest BCUT2D eigenvalue weighted by atomic mass is 32.2. The van der Waals surface area contributed by atoms with Gasteiger partial charge in [0.15, 0.2) is 5.96 Å². The largest absolute Gasteiger partial charge is 0.355 e. The van der Waals surface area contributed by atoms with Crippen molar-refractivity contribution in [1.82, 2.24) is 15.5 Å². The zero-order valence-electron chi connectivity index (χ0n) is 13.9. The molecule has 0 aromatic rings. The zero-order chi connectivity index (χ0) is 15.1. The molecule has 0 amide bonds. The molecule has 2 N–H and O–H groups in total. The van der Waals surface area contributed by atoms with E-state index in [4.69, 9.17) is 0 Å². The van der Waals surface area contributed by atoms with E-state index in [2.05, 4.69) is 33.7 Å². The summed E-state index contributed by atoms with van der Waals surface area (Å²) < 4.78 is 0. The Labute approximate surface area is 134 Å².